The van der Waals surface area contributed by atoms with Crippen molar-refractivity contribution in [3.63, 3.8) is 0 Å². The largest absolute Gasteiger partial charge is 0.504 e. The van der Waals surface area contributed by atoms with Crippen LogP contribution in [0, 0.1) is 9.39 Å². The molecule has 3 aromatic carbocycles. The smallest absolute Gasteiger partial charge is 0.352 e. The van der Waals surface area contributed by atoms with Crippen LogP contribution >= 0.6 is 45.8 Å². The summed E-state index contributed by atoms with van der Waals surface area (Å²) >= 11 is 16.6. The number of ether oxygens (including phenoxy) is 1. The maximum absolute atomic E-state index is 14.4. The highest BCUT2D eigenvalue weighted by molar-refractivity contribution is 14.1. The highest BCUT2D eigenvalue weighted by Gasteiger charge is 2.75. The minimum Gasteiger partial charge on any atom is -0.504 e. The average Bonchev–Trinajstić information content (AvgIpc) is 3.37. The molecule has 0 bridgehead atoms. The van der Waals surface area contributed by atoms with Crippen molar-refractivity contribution in [1.82, 2.24) is 13.9 Å². The second kappa shape index (κ2) is 10.3. The number of allylic oxidation sites excluding steroid dienone is 2. The molecule has 1 aromatic heterocycles. The molecule has 1 saturated carbocycles. The summed E-state index contributed by atoms with van der Waals surface area (Å²) in [4.78, 5) is 52.9. The first-order valence-corrected chi connectivity index (χ1v) is 15.6. The normalized spacial score (nSPS) is 25.4. The maximum Gasteiger partial charge on any atom is 0.352 e. The molecule has 2 fully saturated rings. The van der Waals surface area contributed by atoms with Crippen molar-refractivity contribution in [1.29, 1.82) is 0 Å². The molecule has 1 aliphatic carbocycles. The van der Waals surface area contributed by atoms with Crippen LogP contribution in [0.5, 0.6) is 11.5 Å². The monoisotopic (exact) mass is 762 g/mol. The molecule has 4 aromatic rings. The molecule has 1 N–H and O–H groups in total. The number of hydrogen-bond acceptors (Lipinski definition) is 6. The first kappa shape index (κ1) is 29.8. The van der Waals surface area contributed by atoms with Gasteiger partial charge in [-0.25, -0.2) is 32.8 Å². The molecule has 0 spiro atoms. The van der Waals surface area contributed by atoms with Gasteiger partial charge in [0.1, 0.15) is 5.82 Å². The molecule has 1 saturated heterocycles. The lowest BCUT2D eigenvalue weighted by Crippen LogP contribution is -2.59. The molecule has 7 rings (SSSR count). The number of halogens is 4. The molecule has 3 heterocycles. The Morgan fingerprint density at radius 1 is 0.956 bits per heavy atom. The van der Waals surface area contributed by atoms with Crippen molar-refractivity contribution in [3.05, 3.63) is 114 Å². The number of aromatic hydroxyl groups is 1. The summed E-state index contributed by atoms with van der Waals surface area (Å²) in [6.45, 7) is -0.0331. The number of hydrogen-bond donors (Lipinski definition) is 1. The lowest BCUT2D eigenvalue weighted by Gasteiger charge is -2.49. The zero-order valence-corrected chi connectivity index (χ0v) is 27.0. The van der Waals surface area contributed by atoms with Gasteiger partial charge in [0.2, 0.25) is 0 Å². The van der Waals surface area contributed by atoms with Gasteiger partial charge in [0.15, 0.2) is 21.2 Å². The van der Waals surface area contributed by atoms with E-state index in [0.717, 1.165) is 21.6 Å². The zero-order chi connectivity index (χ0) is 32.0. The predicted molar refractivity (Wildman–Crippen MR) is 172 cm³/mol. The average molecular weight is 763 g/mol. The van der Waals surface area contributed by atoms with E-state index < -0.39 is 50.7 Å². The van der Waals surface area contributed by atoms with Gasteiger partial charge >= 0.3 is 11.4 Å². The van der Waals surface area contributed by atoms with Gasteiger partial charge in [-0.2, -0.15) is 0 Å². The van der Waals surface area contributed by atoms with E-state index in [-0.39, 0.29) is 30.2 Å². The van der Waals surface area contributed by atoms with Gasteiger partial charge in [0.25, 0.3) is 11.8 Å². The van der Waals surface area contributed by atoms with Crippen LogP contribution in [0.15, 0.2) is 88.0 Å². The van der Waals surface area contributed by atoms with Gasteiger partial charge in [0, 0.05) is 12.3 Å². The standard InChI is InChI=1S/C31H22Cl2FIN4O6/c1-45-23-14-16(13-21(35)25(23)40)24-20-11-12-36-28(43)38(18-5-3-2-4-6-18)29(44)39(36)22(20)15-30(32)26(41)37(27(42)31(24,30)33)19-9-7-17(34)8-10-19/h2-11,13-14,22,24,40H,12,15H2,1H3. The third-order valence-electron chi connectivity index (χ3n) is 8.78. The van der Waals surface area contributed by atoms with Crippen molar-refractivity contribution in [2.24, 2.45) is 0 Å². The molecule has 10 nitrogen and oxygen atoms in total. The molecule has 2 amide bonds. The van der Waals surface area contributed by atoms with Crippen molar-refractivity contribution in [2.75, 3.05) is 12.0 Å². The van der Waals surface area contributed by atoms with Crippen LogP contribution in [0.4, 0.5) is 10.1 Å². The summed E-state index contributed by atoms with van der Waals surface area (Å²) in [5.41, 5.74) is 0.0480. The topological polar surface area (TPSA) is 116 Å². The number of nitrogens with zero attached hydrogens (tertiary/aromatic N) is 4. The third kappa shape index (κ3) is 3.97. The van der Waals surface area contributed by atoms with E-state index in [1.807, 2.05) is 22.6 Å². The number of methoxy groups -OCH3 is 1. The summed E-state index contributed by atoms with van der Waals surface area (Å²) in [6.07, 6.45) is 1.41. The molecule has 230 valence electrons. The van der Waals surface area contributed by atoms with E-state index in [9.17, 15) is 28.7 Å². The Morgan fingerprint density at radius 2 is 1.64 bits per heavy atom. The molecule has 0 radical (unpaired) electrons. The molecule has 2 aliphatic heterocycles. The highest BCUT2D eigenvalue weighted by Crippen LogP contribution is 2.64. The highest BCUT2D eigenvalue weighted by atomic mass is 127. The number of amides is 2. The molecule has 14 heteroatoms. The van der Waals surface area contributed by atoms with Gasteiger partial charge in [-0.15, -0.1) is 23.2 Å². The molecule has 4 atom stereocenters. The quantitative estimate of drug-likeness (QED) is 0.142. The molecular formula is C31H22Cl2FIN4O6. The van der Waals surface area contributed by atoms with Crippen LogP contribution in [-0.4, -0.2) is 47.7 Å². The Labute approximate surface area is 278 Å². The zero-order valence-electron chi connectivity index (χ0n) is 23.3. The number of carbonyl (C=O) groups excluding carboxylic acids is 2. The fraction of sp³-hybridized carbons (Fsp3) is 0.226. The Kier molecular flexibility index (Phi) is 6.84. The van der Waals surface area contributed by atoms with Gasteiger partial charge in [-0.05, 0) is 82.3 Å². The van der Waals surface area contributed by atoms with Gasteiger partial charge in [-0.1, -0.05) is 24.3 Å². The predicted octanol–water partition coefficient (Wildman–Crippen LogP) is 4.46. The lowest BCUT2D eigenvalue weighted by atomic mass is 9.64. The number of phenolic OH excluding ortho intramolecular Hbond substituents is 1. The van der Waals surface area contributed by atoms with Crippen molar-refractivity contribution >= 4 is 63.3 Å². The number of aromatic nitrogens is 3. The number of fused-ring (bicyclic) bond motifs is 4. The Morgan fingerprint density at radius 3 is 2.31 bits per heavy atom. The summed E-state index contributed by atoms with van der Waals surface area (Å²) < 4.78 is 23.2. The van der Waals surface area contributed by atoms with Gasteiger partial charge in [-0.3, -0.25) is 9.59 Å². The van der Waals surface area contributed by atoms with Crippen LogP contribution in [0.25, 0.3) is 5.69 Å². The summed E-state index contributed by atoms with van der Waals surface area (Å²) in [7, 11) is 1.37. The van der Waals surface area contributed by atoms with Crippen molar-refractivity contribution in [3.8, 4) is 17.2 Å². The summed E-state index contributed by atoms with van der Waals surface area (Å²) in [5, 5.41) is 10.6. The van der Waals surface area contributed by atoms with Crippen LogP contribution in [0.3, 0.4) is 0 Å². The first-order chi connectivity index (χ1) is 21.4. The van der Waals surface area contributed by atoms with Gasteiger partial charge < -0.3 is 9.84 Å². The van der Waals surface area contributed by atoms with Crippen LogP contribution in [0.2, 0.25) is 0 Å². The van der Waals surface area contributed by atoms with Crippen LogP contribution in [-0.2, 0) is 16.1 Å². The van der Waals surface area contributed by atoms with E-state index in [1.165, 1.54) is 34.7 Å². The number of para-hydroxylation sites is 1. The van der Waals surface area contributed by atoms with Crippen molar-refractivity contribution in [2.45, 2.75) is 34.7 Å². The van der Waals surface area contributed by atoms with E-state index in [1.54, 1.807) is 42.5 Å². The fourth-order valence-corrected chi connectivity index (χ4v) is 8.29. The number of phenols is 1. The minimum absolute atomic E-state index is 0.0331. The number of anilines is 1. The number of benzene rings is 3. The number of imide groups is 1. The van der Waals surface area contributed by atoms with E-state index in [2.05, 4.69) is 0 Å². The van der Waals surface area contributed by atoms with E-state index in [0.29, 0.717) is 20.4 Å². The first-order valence-electron chi connectivity index (χ1n) is 13.7. The van der Waals surface area contributed by atoms with Crippen molar-refractivity contribution < 1.29 is 23.8 Å². The SMILES string of the molecule is COc1cc(C2C3=CCn4c(=O)n(-c5ccccc5)c(=O)n4C3CC3(Cl)C(=O)N(c4ccc(F)cc4)C(=O)C23Cl)cc(I)c1O. The summed E-state index contributed by atoms with van der Waals surface area (Å²) in [5.74, 6) is -3.44. The Hall–Kier alpha value is -3.88. The van der Waals surface area contributed by atoms with Crippen LogP contribution in [0.1, 0.15) is 23.9 Å². The fourth-order valence-electron chi connectivity index (χ4n) is 6.75. The maximum atomic E-state index is 14.4. The number of alkyl halides is 2. The second-order valence-electron chi connectivity index (χ2n) is 11.0. The van der Waals surface area contributed by atoms with E-state index in [4.69, 9.17) is 27.9 Å². The molecule has 4 unspecified atom stereocenters. The molecular weight excluding hydrogens is 741 g/mol. The third-order valence-corrected chi connectivity index (χ3v) is 11.0. The molecule has 3 aliphatic rings. The lowest BCUT2D eigenvalue weighted by molar-refractivity contribution is -0.122. The number of rotatable bonds is 4. The number of carbonyl (C=O) groups is 2. The second-order valence-corrected chi connectivity index (χ2v) is 13.4. The summed E-state index contributed by atoms with van der Waals surface area (Å²) in [6, 6.07) is 15.3. The Bertz CT molecular complexity index is 2080. The van der Waals surface area contributed by atoms with Crippen LogP contribution < -0.4 is 21.0 Å². The Balaban J connectivity index is 1.49. The minimum atomic E-state index is -2.14. The van der Waals surface area contributed by atoms with E-state index >= 15 is 0 Å². The molecule has 45 heavy (non-hydrogen) atoms. The van der Waals surface area contributed by atoms with Gasteiger partial charge in [0.05, 0.1) is 34.6 Å².